The molecule has 14 heteroatoms. The fraction of sp³-hybridized carbons (Fsp3) is 0.343. The van der Waals surface area contributed by atoms with Gasteiger partial charge in [-0.3, -0.25) is 9.97 Å². The van der Waals surface area contributed by atoms with Crippen LogP contribution in [-0.4, -0.2) is 66.6 Å². The standard InChI is InChI=1S/C35H36F4N8O2/c1-33(2,3)32(48)30-12-10-27(20-40-30)46-16-14-45(15-17-46)26-8-4-23(5-9-26)24-6-13-31(41-19-24)35(38,39)34(49,21-47-22-42-43-44-47)28-11-7-25(36)18-29(28)37/h4-13,18-20,22,32,48-49H,14-17,21H2,1-3H3. The largest absolute Gasteiger partial charge is 0.386 e. The number of benzene rings is 2. The molecule has 4 heterocycles. The number of rotatable bonds is 9. The van der Waals surface area contributed by atoms with Gasteiger partial charge >= 0.3 is 5.92 Å². The number of pyridine rings is 2. The van der Waals surface area contributed by atoms with Gasteiger partial charge in [-0.15, -0.1) is 5.10 Å². The number of anilines is 2. The van der Waals surface area contributed by atoms with Gasteiger partial charge in [0.05, 0.1) is 24.1 Å². The highest BCUT2D eigenvalue weighted by atomic mass is 19.3. The van der Waals surface area contributed by atoms with E-state index in [0.717, 1.165) is 72.3 Å². The minimum atomic E-state index is -4.14. The maximum Gasteiger partial charge on any atom is 0.323 e. The molecule has 1 aliphatic rings. The van der Waals surface area contributed by atoms with Crippen molar-refractivity contribution in [3.8, 4) is 11.1 Å². The summed E-state index contributed by atoms with van der Waals surface area (Å²) in [6.07, 6.45) is 3.41. The second-order valence-electron chi connectivity index (χ2n) is 13.2. The molecule has 1 fully saturated rings. The lowest BCUT2D eigenvalue weighted by atomic mass is 9.84. The van der Waals surface area contributed by atoms with Gasteiger partial charge < -0.3 is 20.0 Å². The van der Waals surface area contributed by atoms with Crippen LogP contribution < -0.4 is 9.80 Å². The monoisotopic (exact) mass is 676 g/mol. The van der Waals surface area contributed by atoms with Crippen molar-refractivity contribution in [3.63, 3.8) is 0 Å². The number of nitrogens with zero attached hydrogens (tertiary/aromatic N) is 8. The second-order valence-corrected chi connectivity index (χ2v) is 13.2. The van der Waals surface area contributed by atoms with E-state index in [-0.39, 0.29) is 5.41 Å². The number of hydrogen-bond donors (Lipinski definition) is 2. The first-order chi connectivity index (χ1) is 23.3. The van der Waals surface area contributed by atoms with E-state index < -0.39 is 47.1 Å². The quantitative estimate of drug-likeness (QED) is 0.196. The van der Waals surface area contributed by atoms with E-state index in [1.54, 1.807) is 6.20 Å². The Kier molecular flexibility index (Phi) is 9.11. The molecule has 10 nitrogen and oxygen atoms in total. The third-order valence-electron chi connectivity index (χ3n) is 8.85. The second kappa shape index (κ2) is 13.2. The number of piperazine rings is 1. The highest BCUT2D eigenvalue weighted by molar-refractivity contribution is 5.66. The summed E-state index contributed by atoms with van der Waals surface area (Å²) in [5.41, 5.74) is -1.22. The molecule has 6 rings (SSSR count). The van der Waals surface area contributed by atoms with Crippen LogP contribution in [0.25, 0.3) is 11.1 Å². The summed E-state index contributed by atoms with van der Waals surface area (Å²) >= 11 is 0. The van der Waals surface area contributed by atoms with Gasteiger partial charge in [0.15, 0.2) is 5.60 Å². The van der Waals surface area contributed by atoms with Crippen LogP contribution in [0.1, 0.15) is 43.8 Å². The molecule has 5 aromatic rings. The van der Waals surface area contributed by atoms with Crippen LogP contribution in [0.15, 0.2) is 85.5 Å². The average molecular weight is 677 g/mol. The van der Waals surface area contributed by atoms with Crippen molar-refractivity contribution in [3.05, 3.63) is 114 Å². The fourth-order valence-corrected chi connectivity index (χ4v) is 5.91. The van der Waals surface area contributed by atoms with Gasteiger partial charge in [0.25, 0.3) is 0 Å². The molecule has 256 valence electrons. The van der Waals surface area contributed by atoms with Crippen LogP contribution in [-0.2, 0) is 18.1 Å². The van der Waals surface area contributed by atoms with E-state index in [4.69, 9.17) is 0 Å². The summed E-state index contributed by atoms with van der Waals surface area (Å²) in [4.78, 5) is 13.0. The Balaban J connectivity index is 1.14. The minimum absolute atomic E-state index is 0.302. The Labute approximate surface area is 280 Å². The minimum Gasteiger partial charge on any atom is -0.386 e. The van der Waals surface area contributed by atoms with Crippen molar-refractivity contribution >= 4 is 11.4 Å². The third kappa shape index (κ3) is 6.83. The summed E-state index contributed by atoms with van der Waals surface area (Å²) in [5, 5.41) is 32.2. The van der Waals surface area contributed by atoms with E-state index in [9.17, 15) is 19.0 Å². The highest BCUT2D eigenvalue weighted by Gasteiger charge is 2.58. The van der Waals surface area contributed by atoms with Crippen molar-refractivity contribution in [2.45, 2.75) is 44.9 Å². The molecule has 2 aromatic carbocycles. The molecule has 0 spiro atoms. The zero-order valence-corrected chi connectivity index (χ0v) is 27.2. The van der Waals surface area contributed by atoms with Gasteiger partial charge in [0.1, 0.15) is 29.8 Å². The van der Waals surface area contributed by atoms with Crippen LogP contribution in [0.2, 0.25) is 0 Å². The number of aliphatic hydroxyl groups excluding tert-OH is 1. The topological polar surface area (TPSA) is 116 Å². The van der Waals surface area contributed by atoms with Crippen molar-refractivity contribution in [1.29, 1.82) is 0 Å². The zero-order chi connectivity index (χ0) is 35.0. The van der Waals surface area contributed by atoms with Gasteiger partial charge in [0, 0.05) is 55.3 Å². The lowest BCUT2D eigenvalue weighted by Crippen LogP contribution is -2.48. The molecule has 2 N–H and O–H groups in total. The van der Waals surface area contributed by atoms with Crippen LogP contribution >= 0.6 is 0 Å². The lowest BCUT2D eigenvalue weighted by molar-refractivity contribution is -0.207. The molecule has 2 atom stereocenters. The summed E-state index contributed by atoms with van der Waals surface area (Å²) in [6, 6.07) is 16.0. The Morgan fingerprint density at radius 2 is 1.45 bits per heavy atom. The Morgan fingerprint density at radius 3 is 2.00 bits per heavy atom. The van der Waals surface area contributed by atoms with Gasteiger partial charge in [-0.05, 0) is 63.9 Å². The third-order valence-corrected chi connectivity index (χ3v) is 8.85. The Morgan fingerprint density at radius 1 is 0.796 bits per heavy atom. The van der Waals surface area contributed by atoms with E-state index in [0.29, 0.717) is 17.3 Å². The summed E-state index contributed by atoms with van der Waals surface area (Å²) in [6.45, 7) is 8.10. The van der Waals surface area contributed by atoms with Gasteiger partial charge in [-0.1, -0.05) is 39.0 Å². The smallest absolute Gasteiger partial charge is 0.323 e. The maximum absolute atomic E-state index is 16.1. The Hall–Kier alpha value is -4.95. The van der Waals surface area contributed by atoms with E-state index >= 15 is 8.78 Å². The van der Waals surface area contributed by atoms with Crippen LogP contribution in [0.4, 0.5) is 28.9 Å². The van der Waals surface area contributed by atoms with Gasteiger partial charge in [0.2, 0.25) is 0 Å². The highest BCUT2D eigenvalue weighted by Crippen LogP contribution is 2.47. The summed E-state index contributed by atoms with van der Waals surface area (Å²) < 4.78 is 61.5. The van der Waals surface area contributed by atoms with E-state index in [2.05, 4.69) is 35.3 Å². The normalized spacial score (nSPS) is 16.0. The van der Waals surface area contributed by atoms with Crippen LogP contribution in [0.5, 0.6) is 0 Å². The van der Waals surface area contributed by atoms with E-state index in [1.807, 2.05) is 57.2 Å². The van der Waals surface area contributed by atoms with Crippen molar-refractivity contribution < 1.29 is 27.8 Å². The molecule has 3 aromatic heterocycles. The first-order valence-corrected chi connectivity index (χ1v) is 15.7. The van der Waals surface area contributed by atoms with Gasteiger partial charge in [-0.25, -0.2) is 13.5 Å². The first-order valence-electron chi connectivity index (χ1n) is 15.7. The number of aromatic nitrogens is 6. The number of aliphatic hydroxyl groups is 2. The molecule has 0 aliphatic carbocycles. The fourth-order valence-electron chi connectivity index (χ4n) is 5.91. The predicted octanol–water partition coefficient (Wildman–Crippen LogP) is 5.49. The average Bonchev–Trinajstić information content (AvgIpc) is 3.60. The van der Waals surface area contributed by atoms with Crippen LogP contribution in [0.3, 0.4) is 0 Å². The molecule has 1 saturated heterocycles. The van der Waals surface area contributed by atoms with Crippen molar-refractivity contribution in [1.82, 2.24) is 30.2 Å². The molecule has 0 saturated carbocycles. The Bertz CT molecular complexity index is 1860. The molecule has 0 amide bonds. The molecule has 2 unspecified atom stereocenters. The first kappa shape index (κ1) is 33.9. The predicted molar refractivity (Wildman–Crippen MR) is 175 cm³/mol. The summed E-state index contributed by atoms with van der Waals surface area (Å²) in [7, 11) is 0. The molecule has 1 aliphatic heterocycles. The summed E-state index contributed by atoms with van der Waals surface area (Å²) in [5.74, 6) is -6.48. The number of halogens is 4. The number of tetrazole rings is 1. The maximum atomic E-state index is 16.1. The van der Waals surface area contributed by atoms with E-state index in [1.165, 1.54) is 12.3 Å². The lowest BCUT2D eigenvalue weighted by Gasteiger charge is -2.37. The van der Waals surface area contributed by atoms with Crippen molar-refractivity contribution in [2.75, 3.05) is 36.0 Å². The molecule has 49 heavy (non-hydrogen) atoms. The van der Waals surface area contributed by atoms with Crippen LogP contribution in [0, 0.1) is 17.0 Å². The molecular formula is C35H36F4N8O2. The molecule has 0 bridgehead atoms. The van der Waals surface area contributed by atoms with Gasteiger partial charge in [-0.2, -0.15) is 8.78 Å². The SMILES string of the molecule is CC(C)(C)C(O)c1ccc(N2CCN(c3ccc(-c4ccc(C(F)(F)C(O)(Cn5cnnn5)c5ccc(F)cc5F)nc4)cc3)CC2)cn1. The molecular weight excluding hydrogens is 640 g/mol. The number of alkyl halides is 2. The zero-order valence-electron chi connectivity index (χ0n) is 27.2. The number of hydrogen-bond acceptors (Lipinski definition) is 9. The van der Waals surface area contributed by atoms with Crippen molar-refractivity contribution in [2.24, 2.45) is 5.41 Å². The molecule has 0 radical (unpaired) electrons.